The van der Waals surface area contributed by atoms with Crippen molar-refractivity contribution in [3.05, 3.63) is 48.0 Å². The molecule has 0 aromatic heterocycles. The van der Waals surface area contributed by atoms with E-state index in [0.717, 1.165) is 32.4 Å². The van der Waals surface area contributed by atoms with E-state index in [-0.39, 0.29) is 0 Å². The average Bonchev–Trinajstić information content (AvgIpc) is 2.46. The molecule has 0 aliphatic heterocycles. The van der Waals surface area contributed by atoms with Gasteiger partial charge in [-0.1, -0.05) is 42.5 Å². The van der Waals surface area contributed by atoms with Gasteiger partial charge in [0.15, 0.2) is 0 Å². The lowest BCUT2D eigenvalue weighted by Gasteiger charge is -2.07. The third-order valence-electron chi connectivity index (χ3n) is 3.38. The third-order valence-corrected chi connectivity index (χ3v) is 3.38. The molecule has 0 fully saturated rings. The maximum atomic E-state index is 5.23. The van der Waals surface area contributed by atoms with Gasteiger partial charge in [-0.25, -0.2) is 0 Å². The zero-order valence-corrected chi connectivity index (χ0v) is 11.4. The first-order valence-electron chi connectivity index (χ1n) is 7.02. The van der Waals surface area contributed by atoms with E-state index in [9.17, 15) is 0 Å². The molecule has 1 nitrogen and oxygen atoms in total. The fraction of sp³-hybridized carbons (Fsp3) is 0.333. The van der Waals surface area contributed by atoms with Gasteiger partial charge in [-0.05, 0) is 48.7 Å². The summed E-state index contributed by atoms with van der Waals surface area (Å²) in [7, 11) is 0. The zero-order chi connectivity index (χ0) is 13.3. The van der Waals surface area contributed by atoms with Gasteiger partial charge in [0.25, 0.3) is 0 Å². The lowest BCUT2D eigenvalue weighted by Crippen LogP contribution is -2.18. The first-order chi connectivity index (χ1) is 9.42. The molecular formula is C18H21N. The maximum absolute atomic E-state index is 5.23. The van der Waals surface area contributed by atoms with Crippen molar-refractivity contribution < 1.29 is 0 Å². The first kappa shape index (κ1) is 13.6. The molecule has 0 heterocycles. The van der Waals surface area contributed by atoms with Crippen molar-refractivity contribution in [2.24, 2.45) is 0 Å². The summed E-state index contributed by atoms with van der Waals surface area (Å²) < 4.78 is 0. The molecule has 0 unspecified atom stereocenters. The molecule has 2 aromatic carbocycles. The van der Waals surface area contributed by atoms with Gasteiger partial charge in [0.05, 0.1) is 0 Å². The van der Waals surface area contributed by atoms with Crippen molar-refractivity contribution in [3.63, 3.8) is 0 Å². The number of terminal acetylenes is 1. The van der Waals surface area contributed by atoms with Crippen LogP contribution in [0.15, 0.2) is 42.5 Å². The van der Waals surface area contributed by atoms with E-state index in [4.69, 9.17) is 6.42 Å². The van der Waals surface area contributed by atoms with E-state index in [0.29, 0.717) is 0 Å². The van der Waals surface area contributed by atoms with Crippen molar-refractivity contribution in [1.29, 1.82) is 0 Å². The van der Waals surface area contributed by atoms with E-state index in [1.54, 1.807) is 0 Å². The SMILES string of the molecule is C#CCCCCNCCc1cccc2ccccc12. The summed E-state index contributed by atoms with van der Waals surface area (Å²) in [4.78, 5) is 0. The molecular weight excluding hydrogens is 230 g/mol. The molecule has 1 N–H and O–H groups in total. The minimum Gasteiger partial charge on any atom is -0.316 e. The Morgan fingerprint density at radius 1 is 0.947 bits per heavy atom. The van der Waals surface area contributed by atoms with E-state index in [1.807, 2.05) is 0 Å². The summed E-state index contributed by atoms with van der Waals surface area (Å²) in [6, 6.07) is 15.1. The fourth-order valence-electron chi connectivity index (χ4n) is 2.34. The van der Waals surface area contributed by atoms with Crippen LogP contribution in [0.3, 0.4) is 0 Å². The highest BCUT2D eigenvalue weighted by atomic mass is 14.8. The zero-order valence-electron chi connectivity index (χ0n) is 11.4. The second-order valence-electron chi connectivity index (χ2n) is 4.80. The maximum Gasteiger partial charge on any atom is 0.00865 e. The topological polar surface area (TPSA) is 12.0 Å². The second-order valence-corrected chi connectivity index (χ2v) is 4.80. The number of fused-ring (bicyclic) bond motifs is 1. The standard InChI is InChI=1S/C18H21N/c1-2-3-4-7-14-19-15-13-17-11-8-10-16-9-5-6-12-18(16)17/h1,5-6,8-12,19H,3-4,7,13-15H2. The van der Waals surface area contributed by atoms with Crippen LogP contribution in [0.2, 0.25) is 0 Å². The highest BCUT2D eigenvalue weighted by Gasteiger charge is 1.99. The number of benzene rings is 2. The van der Waals surface area contributed by atoms with E-state index in [2.05, 4.69) is 53.7 Å². The van der Waals surface area contributed by atoms with E-state index in [1.165, 1.54) is 22.8 Å². The molecule has 98 valence electrons. The van der Waals surface area contributed by atoms with Gasteiger partial charge in [-0.15, -0.1) is 12.3 Å². The van der Waals surface area contributed by atoms with Crippen molar-refractivity contribution >= 4 is 10.8 Å². The third kappa shape index (κ3) is 4.12. The molecule has 0 amide bonds. The number of rotatable bonds is 7. The normalized spacial score (nSPS) is 10.5. The Morgan fingerprint density at radius 3 is 2.68 bits per heavy atom. The highest BCUT2D eigenvalue weighted by Crippen LogP contribution is 2.18. The van der Waals surface area contributed by atoms with E-state index < -0.39 is 0 Å². The van der Waals surface area contributed by atoms with Gasteiger partial charge >= 0.3 is 0 Å². The highest BCUT2D eigenvalue weighted by molar-refractivity contribution is 5.85. The first-order valence-corrected chi connectivity index (χ1v) is 7.02. The molecule has 0 saturated heterocycles. The number of hydrogen-bond acceptors (Lipinski definition) is 1. The van der Waals surface area contributed by atoms with Gasteiger partial charge in [-0.2, -0.15) is 0 Å². The quantitative estimate of drug-likeness (QED) is 0.583. The lowest BCUT2D eigenvalue weighted by molar-refractivity contribution is 0.630. The summed E-state index contributed by atoms with van der Waals surface area (Å²) >= 11 is 0. The van der Waals surface area contributed by atoms with Crippen molar-refractivity contribution in [2.75, 3.05) is 13.1 Å². The molecule has 2 rings (SSSR count). The van der Waals surface area contributed by atoms with Gasteiger partial charge in [0, 0.05) is 6.42 Å². The Morgan fingerprint density at radius 2 is 1.79 bits per heavy atom. The lowest BCUT2D eigenvalue weighted by atomic mass is 10.0. The van der Waals surface area contributed by atoms with Gasteiger partial charge in [-0.3, -0.25) is 0 Å². The predicted molar refractivity (Wildman–Crippen MR) is 83.2 cm³/mol. The van der Waals surface area contributed by atoms with Gasteiger partial charge in [0.1, 0.15) is 0 Å². The summed E-state index contributed by atoms with van der Waals surface area (Å²) in [5.74, 6) is 2.68. The Balaban J connectivity index is 1.80. The summed E-state index contributed by atoms with van der Waals surface area (Å²) in [5.41, 5.74) is 1.43. The van der Waals surface area contributed by atoms with Crippen LogP contribution in [0, 0.1) is 12.3 Å². The molecule has 0 saturated carbocycles. The molecule has 0 radical (unpaired) electrons. The predicted octanol–water partition coefficient (Wildman–Crippen LogP) is 3.78. The molecule has 0 atom stereocenters. The largest absolute Gasteiger partial charge is 0.316 e. The fourth-order valence-corrected chi connectivity index (χ4v) is 2.34. The molecule has 19 heavy (non-hydrogen) atoms. The molecule has 0 aliphatic carbocycles. The molecule has 1 heteroatoms. The van der Waals surface area contributed by atoms with Crippen LogP contribution < -0.4 is 5.32 Å². The van der Waals surface area contributed by atoms with Crippen LogP contribution in [-0.2, 0) is 6.42 Å². The Kier molecular flexibility index (Phi) is 5.47. The molecule has 0 bridgehead atoms. The van der Waals surface area contributed by atoms with Crippen molar-refractivity contribution in [1.82, 2.24) is 5.32 Å². The smallest absolute Gasteiger partial charge is 0.00865 e. The summed E-state index contributed by atoms with van der Waals surface area (Å²) in [5, 5.41) is 6.19. The Hall–Kier alpha value is -1.78. The second kappa shape index (κ2) is 7.61. The van der Waals surface area contributed by atoms with Gasteiger partial charge in [0.2, 0.25) is 0 Å². The molecule has 0 spiro atoms. The minimum atomic E-state index is 0.894. The molecule has 2 aromatic rings. The van der Waals surface area contributed by atoms with Gasteiger partial charge < -0.3 is 5.32 Å². The summed E-state index contributed by atoms with van der Waals surface area (Å²) in [6.07, 6.45) is 9.49. The number of hydrogen-bond donors (Lipinski definition) is 1. The number of nitrogens with one attached hydrogen (secondary N) is 1. The van der Waals surface area contributed by atoms with Crippen LogP contribution in [0.1, 0.15) is 24.8 Å². The summed E-state index contributed by atoms with van der Waals surface area (Å²) in [6.45, 7) is 2.09. The van der Waals surface area contributed by atoms with Crippen LogP contribution in [0.4, 0.5) is 0 Å². The van der Waals surface area contributed by atoms with Crippen LogP contribution in [0.5, 0.6) is 0 Å². The number of unbranched alkanes of at least 4 members (excludes halogenated alkanes) is 2. The Labute approximate surface area is 116 Å². The Bertz CT molecular complexity index is 546. The van der Waals surface area contributed by atoms with Crippen molar-refractivity contribution in [3.8, 4) is 12.3 Å². The van der Waals surface area contributed by atoms with E-state index >= 15 is 0 Å². The van der Waals surface area contributed by atoms with Crippen LogP contribution >= 0.6 is 0 Å². The van der Waals surface area contributed by atoms with Crippen molar-refractivity contribution in [2.45, 2.75) is 25.7 Å². The monoisotopic (exact) mass is 251 g/mol. The molecule has 0 aliphatic rings. The minimum absolute atomic E-state index is 0.894. The van der Waals surface area contributed by atoms with Crippen LogP contribution in [0.25, 0.3) is 10.8 Å². The average molecular weight is 251 g/mol. The van der Waals surface area contributed by atoms with Crippen LogP contribution in [-0.4, -0.2) is 13.1 Å².